The van der Waals surface area contributed by atoms with Gasteiger partial charge in [-0.2, -0.15) is 0 Å². The minimum absolute atomic E-state index is 0. The first-order chi connectivity index (χ1) is 13.1. The molecule has 0 aliphatic heterocycles. The number of hydrogen-bond donors (Lipinski definition) is 4. The zero-order valence-electron chi connectivity index (χ0n) is 16.8. The molecule has 160 valence electrons. The summed E-state index contributed by atoms with van der Waals surface area (Å²) in [5, 5.41) is 18.6. The summed E-state index contributed by atoms with van der Waals surface area (Å²) in [6, 6.07) is 7.32. The van der Waals surface area contributed by atoms with Crippen molar-refractivity contribution in [1.29, 1.82) is 0 Å². The number of hydrogen-bond acceptors (Lipinski definition) is 3. The van der Waals surface area contributed by atoms with Crippen molar-refractivity contribution in [3.63, 3.8) is 0 Å². The lowest BCUT2D eigenvalue weighted by molar-refractivity contribution is 0.0953. The van der Waals surface area contributed by atoms with Crippen molar-refractivity contribution in [3.8, 4) is 0 Å². The van der Waals surface area contributed by atoms with Gasteiger partial charge in [-0.05, 0) is 56.4 Å². The molecule has 0 fully saturated rings. The van der Waals surface area contributed by atoms with E-state index in [1.165, 1.54) is 0 Å². The number of nitrogens with one attached hydrogen (secondary N) is 3. The van der Waals surface area contributed by atoms with Crippen LogP contribution in [0.4, 0.5) is 0 Å². The molecule has 1 atom stereocenters. The van der Waals surface area contributed by atoms with Crippen molar-refractivity contribution in [1.82, 2.24) is 16.0 Å². The summed E-state index contributed by atoms with van der Waals surface area (Å²) in [6.07, 6.45) is 3.77. The number of aliphatic hydroxyl groups is 1. The highest BCUT2D eigenvalue weighted by Crippen LogP contribution is 2.11. The second kappa shape index (κ2) is 17.0. The van der Waals surface area contributed by atoms with Crippen molar-refractivity contribution >= 4 is 51.8 Å². The van der Waals surface area contributed by atoms with E-state index < -0.39 is 0 Å². The maximum absolute atomic E-state index is 12.1. The molecule has 6 nitrogen and oxygen atoms in total. The SMILES string of the molecule is CCCC(CCO)CN=C(NCC)NCCCNC(=O)c1ccc(Br)cc1.I. The second-order valence-electron chi connectivity index (χ2n) is 6.43. The number of halogens is 2. The molecule has 0 saturated carbocycles. The third kappa shape index (κ3) is 11.9. The summed E-state index contributed by atoms with van der Waals surface area (Å²) in [4.78, 5) is 16.7. The van der Waals surface area contributed by atoms with Crippen LogP contribution in [0.15, 0.2) is 33.7 Å². The van der Waals surface area contributed by atoms with Gasteiger partial charge in [0.1, 0.15) is 0 Å². The van der Waals surface area contributed by atoms with E-state index in [1.807, 2.05) is 19.1 Å². The van der Waals surface area contributed by atoms with Gasteiger partial charge in [-0.15, -0.1) is 24.0 Å². The number of carbonyl (C=O) groups excluding carboxylic acids is 1. The fourth-order valence-electron chi connectivity index (χ4n) is 2.68. The maximum atomic E-state index is 12.1. The van der Waals surface area contributed by atoms with Crippen LogP contribution in [0.1, 0.15) is 49.9 Å². The summed E-state index contributed by atoms with van der Waals surface area (Å²) < 4.78 is 0.957. The number of benzene rings is 1. The van der Waals surface area contributed by atoms with Gasteiger partial charge in [0, 0.05) is 42.8 Å². The number of rotatable bonds is 12. The molecular formula is C20H34BrIN4O2. The van der Waals surface area contributed by atoms with Crippen LogP contribution in [0, 0.1) is 5.92 Å². The Morgan fingerprint density at radius 2 is 1.79 bits per heavy atom. The quantitative estimate of drug-likeness (QED) is 0.134. The van der Waals surface area contributed by atoms with E-state index >= 15 is 0 Å². The predicted molar refractivity (Wildman–Crippen MR) is 131 cm³/mol. The lowest BCUT2D eigenvalue weighted by Gasteiger charge is -2.15. The van der Waals surface area contributed by atoms with Gasteiger partial charge in [-0.3, -0.25) is 9.79 Å². The van der Waals surface area contributed by atoms with Gasteiger partial charge in [0.05, 0.1) is 0 Å². The van der Waals surface area contributed by atoms with Crippen LogP contribution >= 0.6 is 39.9 Å². The molecule has 8 heteroatoms. The Morgan fingerprint density at radius 1 is 1.11 bits per heavy atom. The van der Waals surface area contributed by atoms with E-state index in [2.05, 4.69) is 43.8 Å². The van der Waals surface area contributed by atoms with Crippen LogP contribution in [0.5, 0.6) is 0 Å². The van der Waals surface area contributed by atoms with E-state index in [4.69, 9.17) is 5.11 Å². The van der Waals surface area contributed by atoms with Crippen LogP contribution in [0.25, 0.3) is 0 Å². The summed E-state index contributed by atoms with van der Waals surface area (Å²) in [7, 11) is 0. The molecule has 0 bridgehead atoms. The standard InChI is InChI=1S/C20H33BrN4O2.HI/c1-3-6-16(11-14-26)15-25-20(22-4-2)24-13-5-12-23-19(27)17-7-9-18(21)10-8-17;/h7-10,16,26H,3-6,11-15H2,1-2H3,(H,23,27)(H2,22,24,25);1H. The lowest BCUT2D eigenvalue weighted by atomic mass is 10.0. The number of carbonyl (C=O) groups is 1. The molecule has 4 N–H and O–H groups in total. The van der Waals surface area contributed by atoms with E-state index in [9.17, 15) is 4.79 Å². The molecule has 0 heterocycles. The number of aliphatic imine (C=N–C) groups is 1. The first-order valence-corrected chi connectivity index (χ1v) is 10.6. The molecule has 28 heavy (non-hydrogen) atoms. The van der Waals surface area contributed by atoms with Crippen molar-refractivity contribution in [2.75, 3.05) is 32.8 Å². The minimum atomic E-state index is -0.0607. The Hall–Kier alpha value is -0.870. The fourth-order valence-corrected chi connectivity index (χ4v) is 2.94. The predicted octanol–water partition coefficient (Wildman–Crippen LogP) is 3.54. The molecule has 1 amide bonds. The third-order valence-corrected chi connectivity index (χ3v) is 4.65. The average Bonchev–Trinajstić information content (AvgIpc) is 2.66. The summed E-state index contributed by atoms with van der Waals surface area (Å²) in [5.41, 5.74) is 0.659. The zero-order valence-corrected chi connectivity index (χ0v) is 20.8. The number of nitrogens with zero attached hydrogens (tertiary/aromatic N) is 1. The Labute approximate surface area is 194 Å². The van der Waals surface area contributed by atoms with Gasteiger partial charge in [0.2, 0.25) is 0 Å². The Kier molecular flexibility index (Phi) is 16.5. The minimum Gasteiger partial charge on any atom is -0.396 e. The fraction of sp³-hybridized carbons (Fsp3) is 0.600. The molecule has 1 unspecified atom stereocenters. The summed E-state index contributed by atoms with van der Waals surface area (Å²) in [6.45, 7) is 7.24. The normalized spacial score (nSPS) is 12.1. The van der Waals surface area contributed by atoms with E-state index in [1.54, 1.807) is 12.1 Å². The van der Waals surface area contributed by atoms with Gasteiger partial charge in [0.15, 0.2) is 5.96 Å². The molecule has 1 aromatic rings. The lowest BCUT2D eigenvalue weighted by Crippen LogP contribution is -2.39. The molecule has 0 aliphatic carbocycles. The highest BCUT2D eigenvalue weighted by Gasteiger charge is 2.07. The van der Waals surface area contributed by atoms with Crippen LogP contribution in [-0.2, 0) is 0 Å². The van der Waals surface area contributed by atoms with Crippen LogP contribution in [-0.4, -0.2) is 49.8 Å². The highest BCUT2D eigenvalue weighted by atomic mass is 127. The van der Waals surface area contributed by atoms with Crippen LogP contribution in [0.3, 0.4) is 0 Å². The van der Waals surface area contributed by atoms with E-state index in [0.717, 1.165) is 49.2 Å². The molecule has 1 rings (SSSR count). The van der Waals surface area contributed by atoms with Crippen LogP contribution in [0.2, 0.25) is 0 Å². The van der Waals surface area contributed by atoms with E-state index in [-0.39, 0.29) is 36.5 Å². The summed E-state index contributed by atoms with van der Waals surface area (Å²) >= 11 is 3.36. The van der Waals surface area contributed by atoms with Gasteiger partial charge < -0.3 is 21.1 Å². The smallest absolute Gasteiger partial charge is 0.251 e. The Morgan fingerprint density at radius 3 is 2.39 bits per heavy atom. The van der Waals surface area contributed by atoms with Crippen molar-refractivity contribution < 1.29 is 9.90 Å². The average molecular weight is 569 g/mol. The molecule has 0 aliphatic rings. The molecular weight excluding hydrogens is 535 g/mol. The second-order valence-corrected chi connectivity index (χ2v) is 7.35. The first-order valence-electron chi connectivity index (χ1n) is 9.77. The van der Waals surface area contributed by atoms with Crippen LogP contribution < -0.4 is 16.0 Å². The number of guanidine groups is 1. The third-order valence-electron chi connectivity index (χ3n) is 4.12. The first kappa shape index (κ1) is 27.1. The monoisotopic (exact) mass is 568 g/mol. The molecule has 0 aromatic heterocycles. The van der Waals surface area contributed by atoms with Crippen molar-refractivity contribution in [3.05, 3.63) is 34.3 Å². The molecule has 0 radical (unpaired) electrons. The van der Waals surface area contributed by atoms with Gasteiger partial charge in [0.25, 0.3) is 5.91 Å². The number of amides is 1. The Balaban J connectivity index is 0.00000729. The summed E-state index contributed by atoms with van der Waals surface area (Å²) in [5.74, 6) is 1.14. The van der Waals surface area contributed by atoms with Crippen molar-refractivity contribution in [2.45, 2.75) is 39.5 Å². The zero-order chi connectivity index (χ0) is 19.9. The van der Waals surface area contributed by atoms with Gasteiger partial charge in [-0.1, -0.05) is 29.3 Å². The largest absolute Gasteiger partial charge is 0.396 e. The topological polar surface area (TPSA) is 85.8 Å². The maximum Gasteiger partial charge on any atom is 0.251 e. The van der Waals surface area contributed by atoms with E-state index in [0.29, 0.717) is 24.6 Å². The highest BCUT2D eigenvalue weighted by molar-refractivity contribution is 14.0. The van der Waals surface area contributed by atoms with Gasteiger partial charge in [-0.25, -0.2) is 0 Å². The molecule has 1 aromatic carbocycles. The molecule has 0 saturated heterocycles. The molecule has 0 spiro atoms. The number of aliphatic hydroxyl groups excluding tert-OH is 1. The Bertz CT molecular complexity index is 564. The van der Waals surface area contributed by atoms with Gasteiger partial charge >= 0.3 is 0 Å². The van der Waals surface area contributed by atoms with Crippen molar-refractivity contribution in [2.24, 2.45) is 10.9 Å².